The van der Waals surface area contributed by atoms with E-state index in [9.17, 15) is 0 Å². The molecule has 0 fully saturated rings. The first-order valence-corrected chi connectivity index (χ1v) is 8.06. The van der Waals surface area contributed by atoms with E-state index in [1.165, 1.54) is 16.7 Å². The molecule has 1 heterocycles. The summed E-state index contributed by atoms with van der Waals surface area (Å²) in [5, 5.41) is 0. The van der Waals surface area contributed by atoms with Gasteiger partial charge in [0.1, 0.15) is 11.5 Å². The van der Waals surface area contributed by atoms with E-state index < -0.39 is 0 Å². The van der Waals surface area contributed by atoms with E-state index in [1.807, 2.05) is 0 Å². The predicted octanol–water partition coefficient (Wildman–Crippen LogP) is 4.31. The smallest absolute Gasteiger partial charge is 0.131 e. The van der Waals surface area contributed by atoms with Crippen LogP contribution in [-0.4, -0.2) is 6.54 Å². The molecule has 3 rings (SSSR count). The first-order valence-electron chi connectivity index (χ1n) is 8.06. The quantitative estimate of drug-likeness (QED) is 0.660. The van der Waals surface area contributed by atoms with Gasteiger partial charge < -0.3 is 10.5 Å². The monoisotopic (exact) mass is 283 g/mol. The van der Waals surface area contributed by atoms with Crippen LogP contribution in [0.4, 0.5) is 0 Å². The average molecular weight is 283 g/mol. The van der Waals surface area contributed by atoms with E-state index in [4.69, 9.17) is 10.5 Å². The van der Waals surface area contributed by atoms with Gasteiger partial charge in [0, 0.05) is 17.4 Å². The highest BCUT2D eigenvalue weighted by atomic mass is 16.5. The summed E-state index contributed by atoms with van der Waals surface area (Å²) in [6, 6.07) is 6.71. The summed E-state index contributed by atoms with van der Waals surface area (Å²) in [5.74, 6) is 2.85. The lowest BCUT2D eigenvalue weighted by Gasteiger charge is -2.36. The van der Waals surface area contributed by atoms with Crippen LogP contribution in [0.3, 0.4) is 0 Å². The first kappa shape index (κ1) is 14.4. The van der Waals surface area contributed by atoms with Gasteiger partial charge in [0.25, 0.3) is 0 Å². The third-order valence-electron chi connectivity index (χ3n) is 4.76. The minimum atomic E-state index is 0.448. The van der Waals surface area contributed by atoms with Crippen LogP contribution in [0, 0.1) is 5.92 Å². The van der Waals surface area contributed by atoms with Crippen molar-refractivity contribution in [3.63, 3.8) is 0 Å². The molecule has 1 aromatic rings. The highest BCUT2D eigenvalue weighted by Crippen LogP contribution is 2.47. The molecule has 0 aromatic heterocycles. The van der Waals surface area contributed by atoms with Gasteiger partial charge in [-0.05, 0) is 57.2 Å². The summed E-state index contributed by atoms with van der Waals surface area (Å²) in [6.45, 7) is 7.16. The molecule has 0 saturated carbocycles. The largest absolute Gasteiger partial charge is 0.462 e. The Balaban J connectivity index is 1.87. The van der Waals surface area contributed by atoms with Gasteiger partial charge in [0.2, 0.25) is 0 Å². The van der Waals surface area contributed by atoms with Crippen LogP contribution in [0.25, 0.3) is 0 Å². The van der Waals surface area contributed by atoms with Crippen LogP contribution in [0.15, 0.2) is 42.2 Å². The Morgan fingerprint density at radius 3 is 3.00 bits per heavy atom. The topological polar surface area (TPSA) is 35.2 Å². The van der Waals surface area contributed by atoms with Gasteiger partial charge in [-0.3, -0.25) is 0 Å². The molecular formula is C19H25NO. The van der Waals surface area contributed by atoms with Crippen LogP contribution in [0.5, 0.6) is 5.75 Å². The fourth-order valence-corrected chi connectivity index (χ4v) is 3.52. The van der Waals surface area contributed by atoms with Crippen molar-refractivity contribution in [3.8, 4) is 5.75 Å². The van der Waals surface area contributed by atoms with Crippen LogP contribution in [0.1, 0.15) is 49.7 Å². The molecule has 1 aliphatic heterocycles. The van der Waals surface area contributed by atoms with E-state index in [2.05, 4.69) is 37.8 Å². The van der Waals surface area contributed by atoms with Crippen molar-refractivity contribution in [1.29, 1.82) is 0 Å². The Morgan fingerprint density at radius 2 is 2.19 bits per heavy atom. The number of allylic oxidation sites excluding steroid dienone is 3. The minimum Gasteiger partial charge on any atom is -0.462 e. The normalized spacial score (nSPS) is 23.9. The molecular weight excluding hydrogens is 258 g/mol. The standard InChI is InChI=1S/C19H25NO/c1-13-6-8-16-14(2)21-19-12-15(5-3-4-10-20)7-9-17(19)18(16)11-13/h7,9,11-12,16,18H,2-6,8,10,20H2,1H3/t16-,18?/m0/s1. The highest BCUT2D eigenvalue weighted by Gasteiger charge is 2.34. The van der Waals surface area contributed by atoms with Crippen molar-refractivity contribution in [2.45, 2.75) is 44.9 Å². The summed E-state index contributed by atoms with van der Waals surface area (Å²) >= 11 is 0. The zero-order chi connectivity index (χ0) is 14.8. The Kier molecular flexibility index (Phi) is 4.16. The van der Waals surface area contributed by atoms with Crippen molar-refractivity contribution in [2.24, 2.45) is 11.7 Å². The minimum absolute atomic E-state index is 0.448. The van der Waals surface area contributed by atoms with Crippen molar-refractivity contribution >= 4 is 0 Å². The number of ether oxygens (including phenoxy) is 1. The van der Waals surface area contributed by atoms with Crippen molar-refractivity contribution in [1.82, 2.24) is 0 Å². The second-order valence-corrected chi connectivity index (χ2v) is 6.37. The Labute approximate surface area is 127 Å². The van der Waals surface area contributed by atoms with E-state index in [0.29, 0.717) is 11.8 Å². The number of rotatable bonds is 4. The number of unbranched alkanes of at least 4 members (excludes halogenated alkanes) is 1. The van der Waals surface area contributed by atoms with Crippen LogP contribution in [-0.2, 0) is 6.42 Å². The van der Waals surface area contributed by atoms with Gasteiger partial charge in [-0.1, -0.05) is 30.4 Å². The van der Waals surface area contributed by atoms with Crippen molar-refractivity contribution < 1.29 is 4.74 Å². The van der Waals surface area contributed by atoms with Crippen LogP contribution < -0.4 is 10.5 Å². The summed E-state index contributed by atoms with van der Waals surface area (Å²) in [7, 11) is 0. The maximum Gasteiger partial charge on any atom is 0.131 e. The van der Waals surface area contributed by atoms with Gasteiger partial charge in [-0.2, -0.15) is 0 Å². The number of nitrogens with two attached hydrogens (primary N) is 1. The molecule has 0 amide bonds. The number of hydrogen-bond acceptors (Lipinski definition) is 2. The lowest BCUT2D eigenvalue weighted by atomic mass is 9.74. The summed E-state index contributed by atoms with van der Waals surface area (Å²) < 4.78 is 6.04. The van der Waals surface area contributed by atoms with Crippen LogP contribution >= 0.6 is 0 Å². The molecule has 2 aliphatic rings. The second kappa shape index (κ2) is 6.07. The van der Waals surface area contributed by atoms with E-state index in [1.54, 1.807) is 0 Å². The molecule has 1 unspecified atom stereocenters. The fourth-order valence-electron chi connectivity index (χ4n) is 3.52. The predicted molar refractivity (Wildman–Crippen MR) is 87.4 cm³/mol. The Hall–Kier alpha value is -1.54. The molecule has 112 valence electrons. The molecule has 0 saturated heterocycles. The van der Waals surface area contributed by atoms with Gasteiger partial charge in [-0.15, -0.1) is 0 Å². The molecule has 0 spiro atoms. The number of aryl methyl sites for hydroxylation is 1. The summed E-state index contributed by atoms with van der Waals surface area (Å²) in [4.78, 5) is 0. The maximum absolute atomic E-state index is 6.04. The SMILES string of the molecule is C=C1Oc2cc(CCCCN)ccc2C2C=C(C)CC[C@@H]12. The van der Waals surface area contributed by atoms with E-state index in [-0.39, 0.29) is 0 Å². The highest BCUT2D eigenvalue weighted by molar-refractivity contribution is 5.47. The molecule has 2 nitrogen and oxygen atoms in total. The Morgan fingerprint density at radius 1 is 1.33 bits per heavy atom. The zero-order valence-corrected chi connectivity index (χ0v) is 12.9. The van der Waals surface area contributed by atoms with E-state index in [0.717, 1.165) is 50.2 Å². The average Bonchev–Trinajstić information content (AvgIpc) is 2.47. The van der Waals surface area contributed by atoms with Crippen LogP contribution in [0.2, 0.25) is 0 Å². The number of fused-ring (bicyclic) bond motifs is 3. The zero-order valence-electron chi connectivity index (χ0n) is 12.9. The van der Waals surface area contributed by atoms with Gasteiger partial charge in [-0.25, -0.2) is 0 Å². The fraction of sp³-hybridized carbons (Fsp3) is 0.474. The molecule has 2 N–H and O–H groups in total. The second-order valence-electron chi connectivity index (χ2n) is 6.37. The molecule has 21 heavy (non-hydrogen) atoms. The molecule has 0 radical (unpaired) electrons. The van der Waals surface area contributed by atoms with E-state index >= 15 is 0 Å². The lowest BCUT2D eigenvalue weighted by molar-refractivity contribution is 0.281. The van der Waals surface area contributed by atoms with Crippen molar-refractivity contribution in [3.05, 3.63) is 53.3 Å². The van der Waals surface area contributed by atoms with Gasteiger partial charge in [0.15, 0.2) is 0 Å². The molecule has 2 atom stereocenters. The number of hydrogen-bond donors (Lipinski definition) is 1. The first-order chi connectivity index (χ1) is 10.2. The third-order valence-corrected chi connectivity index (χ3v) is 4.76. The lowest BCUT2D eigenvalue weighted by Crippen LogP contribution is -2.25. The number of benzene rings is 1. The molecule has 1 aliphatic carbocycles. The van der Waals surface area contributed by atoms with Gasteiger partial charge >= 0.3 is 0 Å². The maximum atomic E-state index is 6.04. The summed E-state index contributed by atoms with van der Waals surface area (Å²) in [6.07, 6.45) is 8.02. The molecule has 1 aromatic carbocycles. The summed E-state index contributed by atoms with van der Waals surface area (Å²) in [5.41, 5.74) is 9.72. The molecule has 2 heteroatoms. The van der Waals surface area contributed by atoms with Crippen molar-refractivity contribution in [2.75, 3.05) is 6.54 Å². The third kappa shape index (κ3) is 2.91. The molecule has 0 bridgehead atoms. The Bertz CT molecular complexity index is 573. The van der Waals surface area contributed by atoms with Gasteiger partial charge in [0.05, 0.1) is 0 Å².